The molecule has 0 saturated carbocycles. The van der Waals surface area contributed by atoms with Crippen molar-refractivity contribution in [1.82, 2.24) is 25.0 Å². The minimum Gasteiger partial charge on any atom is -0.372 e. The van der Waals surface area contributed by atoms with Crippen LogP contribution in [0.3, 0.4) is 0 Å². The Hall–Kier alpha value is -3.08. The number of nitrogens with one attached hydrogen (secondary N) is 1. The Balaban J connectivity index is 1.84. The zero-order valence-electron chi connectivity index (χ0n) is 15.3. The Bertz CT molecular complexity index is 1150. The molecular weight excluding hydrogens is 394 g/mol. The van der Waals surface area contributed by atoms with Crippen molar-refractivity contribution in [3.63, 3.8) is 0 Å². The maximum absolute atomic E-state index is 14.7. The normalized spacial score (nSPS) is 19.2. The average Bonchev–Trinajstić information content (AvgIpc) is 3.05. The smallest absolute Gasteiger partial charge is 0.372 e. The number of H-pyrrole nitrogens is 1. The molecule has 0 fully saturated rings. The van der Waals surface area contributed by atoms with Crippen LogP contribution in [0.15, 0.2) is 29.1 Å². The van der Waals surface area contributed by atoms with Crippen LogP contribution in [0.25, 0.3) is 11.4 Å². The van der Waals surface area contributed by atoms with E-state index in [1.165, 1.54) is 10.7 Å². The molecule has 7 nitrogen and oxygen atoms in total. The number of rotatable bonds is 2. The monoisotopic (exact) mass is 409 g/mol. The molecule has 3 aromatic rings. The van der Waals surface area contributed by atoms with E-state index in [4.69, 9.17) is 4.74 Å². The maximum Gasteiger partial charge on any atom is 0.416 e. The summed E-state index contributed by atoms with van der Waals surface area (Å²) in [6.07, 6.45) is -4.65. The molecule has 2 aromatic heterocycles. The Morgan fingerprint density at radius 3 is 2.69 bits per heavy atom. The molecule has 1 unspecified atom stereocenters. The van der Waals surface area contributed by atoms with Crippen molar-refractivity contribution >= 4 is 0 Å². The molecule has 152 valence electrons. The van der Waals surface area contributed by atoms with Crippen molar-refractivity contribution in [2.24, 2.45) is 0 Å². The van der Waals surface area contributed by atoms with Gasteiger partial charge in [0.15, 0.2) is 0 Å². The molecule has 0 amide bonds. The number of aromatic nitrogens is 5. The van der Waals surface area contributed by atoms with Gasteiger partial charge in [-0.25, -0.2) is 14.1 Å². The summed E-state index contributed by atoms with van der Waals surface area (Å²) in [7, 11) is 0. The summed E-state index contributed by atoms with van der Waals surface area (Å²) >= 11 is 0. The molecule has 11 heteroatoms. The van der Waals surface area contributed by atoms with Gasteiger partial charge in [0.05, 0.1) is 24.5 Å². The van der Waals surface area contributed by atoms with Crippen molar-refractivity contribution < 1.29 is 22.3 Å². The Morgan fingerprint density at radius 1 is 1.28 bits per heavy atom. The van der Waals surface area contributed by atoms with Gasteiger partial charge < -0.3 is 9.72 Å². The molecule has 0 radical (unpaired) electrons. The van der Waals surface area contributed by atoms with E-state index in [9.17, 15) is 22.4 Å². The Labute approximate surface area is 161 Å². The average molecular weight is 409 g/mol. The highest BCUT2D eigenvalue weighted by Crippen LogP contribution is 2.37. The first-order chi connectivity index (χ1) is 13.6. The van der Waals surface area contributed by atoms with Crippen molar-refractivity contribution in [2.75, 3.05) is 6.61 Å². The second-order valence-corrected chi connectivity index (χ2v) is 6.97. The van der Waals surface area contributed by atoms with Gasteiger partial charge in [-0.1, -0.05) is 11.3 Å². The van der Waals surface area contributed by atoms with Crippen LogP contribution in [0.5, 0.6) is 0 Å². The summed E-state index contributed by atoms with van der Waals surface area (Å²) in [4.78, 5) is 18.5. The standard InChI is InChI=1S/C18H15F4N5O2/c1-9-23-13(6-15(28)24-9)16-14-7-29-8-17(2,27(14)26-25-16)11-4-3-10(5-12(11)19)18(20,21)22/h3-6H,7-8H2,1-2H3,(H,23,24,28). The van der Waals surface area contributed by atoms with Gasteiger partial charge in [0.25, 0.3) is 5.56 Å². The fourth-order valence-corrected chi connectivity index (χ4v) is 3.46. The van der Waals surface area contributed by atoms with E-state index in [1.54, 1.807) is 13.8 Å². The number of ether oxygens (including phenoxy) is 1. The molecule has 0 spiro atoms. The van der Waals surface area contributed by atoms with E-state index in [1.807, 2.05) is 0 Å². The second kappa shape index (κ2) is 6.48. The Morgan fingerprint density at radius 2 is 2.03 bits per heavy atom. The number of aromatic amines is 1. The van der Waals surface area contributed by atoms with Gasteiger partial charge in [-0.3, -0.25) is 4.79 Å². The SMILES string of the molecule is Cc1nc(-c2nnn3c2COCC3(C)c2ccc(C(F)(F)F)cc2F)cc(=O)[nH]1. The minimum absolute atomic E-state index is 0.0158. The van der Waals surface area contributed by atoms with Crippen molar-refractivity contribution in [2.45, 2.75) is 32.2 Å². The van der Waals surface area contributed by atoms with Gasteiger partial charge in [-0.15, -0.1) is 5.10 Å². The number of fused-ring (bicyclic) bond motifs is 1. The number of nitrogens with zero attached hydrogens (tertiary/aromatic N) is 4. The van der Waals surface area contributed by atoms with Gasteiger partial charge in [-0.05, 0) is 26.0 Å². The third-order valence-corrected chi connectivity index (χ3v) is 4.83. The van der Waals surface area contributed by atoms with E-state index >= 15 is 0 Å². The summed E-state index contributed by atoms with van der Waals surface area (Å²) in [6, 6.07) is 3.60. The Kier molecular flexibility index (Phi) is 4.30. The third-order valence-electron chi connectivity index (χ3n) is 4.83. The predicted molar refractivity (Wildman–Crippen MR) is 92.4 cm³/mol. The highest BCUT2D eigenvalue weighted by molar-refractivity contribution is 5.56. The summed E-state index contributed by atoms with van der Waals surface area (Å²) in [5.74, 6) is -0.650. The molecule has 0 bridgehead atoms. The summed E-state index contributed by atoms with van der Waals surface area (Å²) in [5.41, 5.74) is -1.70. The second-order valence-electron chi connectivity index (χ2n) is 6.97. The summed E-state index contributed by atoms with van der Waals surface area (Å²) in [5, 5.41) is 8.15. The first kappa shape index (κ1) is 19.2. The molecule has 1 N–H and O–H groups in total. The zero-order valence-corrected chi connectivity index (χ0v) is 15.3. The van der Waals surface area contributed by atoms with E-state index in [-0.39, 0.29) is 35.7 Å². The number of aryl methyl sites for hydroxylation is 1. The van der Waals surface area contributed by atoms with Crippen LogP contribution in [0.4, 0.5) is 17.6 Å². The topological polar surface area (TPSA) is 85.7 Å². The lowest BCUT2D eigenvalue weighted by atomic mass is 9.90. The first-order valence-corrected chi connectivity index (χ1v) is 8.58. The molecule has 3 heterocycles. The fourth-order valence-electron chi connectivity index (χ4n) is 3.46. The molecule has 1 aliphatic heterocycles. The van der Waals surface area contributed by atoms with Crippen LogP contribution in [-0.2, 0) is 23.1 Å². The molecule has 1 aromatic carbocycles. The van der Waals surface area contributed by atoms with Crippen LogP contribution < -0.4 is 5.56 Å². The number of benzene rings is 1. The summed E-state index contributed by atoms with van der Waals surface area (Å²) < 4.78 is 60.3. The van der Waals surface area contributed by atoms with Crippen molar-refractivity contribution in [3.8, 4) is 11.4 Å². The maximum atomic E-state index is 14.7. The fraction of sp³-hybridized carbons (Fsp3) is 0.333. The van der Waals surface area contributed by atoms with Crippen LogP contribution in [0.2, 0.25) is 0 Å². The minimum atomic E-state index is -4.65. The highest BCUT2D eigenvalue weighted by atomic mass is 19.4. The van der Waals surface area contributed by atoms with Gasteiger partial charge in [0, 0.05) is 11.6 Å². The van der Waals surface area contributed by atoms with Crippen LogP contribution >= 0.6 is 0 Å². The zero-order chi connectivity index (χ0) is 21.0. The lowest BCUT2D eigenvalue weighted by Crippen LogP contribution is -2.43. The lowest BCUT2D eigenvalue weighted by Gasteiger charge is -2.35. The molecular formula is C18H15F4N5O2. The molecule has 1 aliphatic rings. The molecule has 0 aliphatic carbocycles. The molecule has 1 atom stereocenters. The van der Waals surface area contributed by atoms with Gasteiger partial charge >= 0.3 is 6.18 Å². The predicted octanol–water partition coefficient (Wildman–Crippen LogP) is 2.79. The van der Waals surface area contributed by atoms with Crippen molar-refractivity contribution in [1.29, 1.82) is 0 Å². The quantitative estimate of drug-likeness (QED) is 0.658. The lowest BCUT2D eigenvalue weighted by molar-refractivity contribution is -0.137. The van der Waals surface area contributed by atoms with Crippen LogP contribution in [0.1, 0.15) is 29.6 Å². The summed E-state index contributed by atoms with van der Waals surface area (Å²) in [6.45, 7) is 3.26. The number of alkyl halides is 3. The van der Waals surface area contributed by atoms with E-state index in [0.29, 0.717) is 17.6 Å². The number of hydrogen-bond acceptors (Lipinski definition) is 5. The van der Waals surface area contributed by atoms with Gasteiger partial charge in [0.2, 0.25) is 0 Å². The van der Waals surface area contributed by atoms with Gasteiger partial charge in [0.1, 0.15) is 28.6 Å². The molecule has 0 saturated heterocycles. The van der Waals surface area contributed by atoms with E-state index < -0.39 is 23.1 Å². The van der Waals surface area contributed by atoms with Crippen molar-refractivity contribution in [3.05, 3.63) is 63.1 Å². The highest BCUT2D eigenvalue weighted by Gasteiger charge is 2.41. The number of halogens is 4. The molecule has 29 heavy (non-hydrogen) atoms. The van der Waals surface area contributed by atoms with E-state index in [0.717, 1.165) is 12.1 Å². The van der Waals surface area contributed by atoms with Gasteiger partial charge in [-0.2, -0.15) is 13.2 Å². The van der Waals surface area contributed by atoms with Crippen LogP contribution in [0, 0.1) is 12.7 Å². The van der Waals surface area contributed by atoms with Crippen LogP contribution in [-0.4, -0.2) is 31.6 Å². The number of hydrogen-bond donors (Lipinski definition) is 1. The molecule has 4 rings (SSSR count). The van der Waals surface area contributed by atoms with E-state index in [2.05, 4.69) is 20.3 Å². The first-order valence-electron chi connectivity index (χ1n) is 8.58. The third kappa shape index (κ3) is 3.20. The largest absolute Gasteiger partial charge is 0.416 e.